The van der Waals surface area contributed by atoms with Crippen molar-refractivity contribution in [3.8, 4) is 5.75 Å². The van der Waals surface area contributed by atoms with Gasteiger partial charge in [-0.05, 0) is 55.0 Å². The minimum Gasteiger partial charge on any atom is -0.494 e. The molecule has 0 saturated heterocycles. The van der Waals surface area contributed by atoms with Crippen LogP contribution < -0.4 is 10.1 Å². The van der Waals surface area contributed by atoms with Crippen LogP contribution in [0.3, 0.4) is 0 Å². The number of nitrogens with zero attached hydrogens (tertiary/aromatic N) is 1. The third-order valence-electron chi connectivity index (χ3n) is 5.72. The molecule has 1 heterocycles. The molecule has 0 aromatic heterocycles. The highest BCUT2D eigenvalue weighted by Crippen LogP contribution is 2.47. The van der Waals surface area contributed by atoms with E-state index in [0.29, 0.717) is 0 Å². The molecule has 1 aliphatic carbocycles. The fourth-order valence-corrected chi connectivity index (χ4v) is 4.96. The number of nitro benzene ring substituents is 1. The van der Waals surface area contributed by atoms with Crippen molar-refractivity contribution in [3.63, 3.8) is 0 Å². The lowest BCUT2D eigenvalue weighted by Crippen LogP contribution is -2.24. The molecule has 1 fully saturated rings. The van der Waals surface area contributed by atoms with Gasteiger partial charge < -0.3 is 10.1 Å². The first-order chi connectivity index (χ1) is 14.7. The fourth-order valence-electron chi connectivity index (χ4n) is 3.80. The molecule has 1 saturated carbocycles. The van der Waals surface area contributed by atoms with Gasteiger partial charge in [0, 0.05) is 28.3 Å². The second-order valence-corrected chi connectivity index (χ2v) is 9.04. The van der Waals surface area contributed by atoms with Crippen molar-refractivity contribution in [1.82, 2.24) is 5.32 Å². The molecule has 30 heavy (non-hydrogen) atoms. The van der Waals surface area contributed by atoms with E-state index in [0.717, 1.165) is 47.8 Å². The Kier molecular flexibility index (Phi) is 6.62. The van der Waals surface area contributed by atoms with Crippen LogP contribution in [0, 0.1) is 10.1 Å². The van der Waals surface area contributed by atoms with Gasteiger partial charge in [0.2, 0.25) is 0 Å². The van der Waals surface area contributed by atoms with E-state index in [9.17, 15) is 10.1 Å². The Morgan fingerprint density at radius 1 is 1.13 bits per heavy atom. The quantitative estimate of drug-likeness (QED) is 0.285. The second-order valence-electron chi connectivity index (χ2n) is 7.89. The average Bonchev–Trinajstić information content (AvgIpc) is 2.72. The number of allylic oxidation sites excluding steroid dienone is 1. The molecule has 2 aliphatic rings. The lowest BCUT2D eigenvalue weighted by Gasteiger charge is -2.33. The van der Waals surface area contributed by atoms with Crippen molar-refractivity contribution in [2.75, 3.05) is 6.61 Å². The lowest BCUT2D eigenvalue weighted by molar-refractivity contribution is -0.384. The van der Waals surface area contributed by atoms with Gasteiger partial charge in [0.05, 0.1) is 11.5 Å². The predicted molar refractivity (Wildman–Crippen MR) is 122 cm³/mol. The summed E-state index contributed by atoms with van der Waals surface area (Å²) in [6.45, 7) is 2.97. The number of thioether (sulfide) groups is 1. The van der Waals surface area contributed by atoms with Crippen molar-refractivity contribution in [3.05, 3.63) is 69.3 Å². The van der Waals surface area contributed by atoms with E-state index in [4.69, 9.17) is 4.74 Å². The Labute approximate surface area is 182 Å². The number of unbranched alkanes of at least 4 members (excludes halogenated alkanes) is 3. The van der Waals surface area contributed by atoms with Crippen molar-refractivity contribution in [2.24, 2.45) is 0 Å². The summed E-state index contributed by atoms with van der Waals surface area (Å²) in [7, 11) is 0. The molecule has 0 bridgehead atoms. The molecule has 6 heteroatoms. The van der Waals surface area contributed by atoms with E-state index in [2.05, 4.69) is 24.4 Å². The topological polar surface area (TPSA) is 64.4 Å². The van der Waals surface area contributed by atoms with Crippen LogP contribution >= 0.6 is 11.8 Å². The number of benzene rings is 2. The van der Waals surface area contributed by atoms with E-state index in [1.807, 2.05) is 18.2 Å². The van der Waals surface area contributed by atoms with E-state index in [1.54, 1.807) is 23.9 Å². The zero-order chi connectivity index (χ0) is 20.9. The van der Waals surface area contributed by atoms with Crippen LogP contribution in [0.15, 0.2) is 52.9 Å². The molecule has 1 atom stereocenters. The van der Waals surface area contributed by atoms with E-state index < -0.39 is 0 Å². The molecule has 1 N–H and O–H groups in total. The first-order valence-electron chi connectivity index (χ1n) is 10.8. The maximum Gasteiger partial charge on any atom is 0.270 e. The highest BCUT2D eigenvalue weighted by atomic mass is 32.2. The molecule has 4 rings (SSSR count). The van der Waals surface area contributed by atoms with Crippen molar-refractivity contribution >= 4 is 23.1 Å². The van der Waals surface area contributed by atoms with E-state index >= 15 is 0 Å². The van der Waals surface area contributed by atoms with Crippen LogP contribution in [0.4, 0.5) is 5.69 Å². The smallest absolute Gasteiger partial charge is 0.270 e. The number of ether oxygens (including phenoxy) is 1. The Hall–Kier alpha value is -2.47. The van der Waals surface area contributed by atoms with Crippen molar-refractivity contribution < 1.29 is 9.66 Å². The van der Waals surface area contributed by atoms with Crippen molar-refractivity contribution in [1.29, 1.82) is 0 Å². The highest BCUT2D eigenvalue weighted by Gasteiger charge is 2.29. The first kappa shape index (κ1) is 20.8. The first-order valence-corrected chi connectivity index (χ1v) is 11.7. The Morgan fingerprint density at radius 2 is 1.93 bits per heavy atom. The van der Waals surface area contributed by atoms with Crippen LogP contribution in [0.25, 0.3) is 5.70 Å². The molecule has 0 amide bonds. The van der Waals surface area contributed by atoms with Gasteiger partial charge in [-0.25, -0.2) is 0 Å². The van der Waals surface area contributed by atoms with Gasteiger partial charge in [-0.2, -0.15) is 0 Å². The predicted octanol–water partition coefficient (Wildman–Crippen LogP) is 6.84. The Morgan fingerprint density at radius 3 is 2.60 bits per heavy atom. The molecule has 5 nitrogen and oxygen atoms in total. The number of hydrogen-bond acceptors (Lipinski definition) is 5. The largest absolute Gasteiger partial charge is 0.494 e. The molecule has 2 aromatic carbocycles. The van der Waals surface area contributed by atoms with Crippen LogP contribution in [-0.4, -0.2) is 11.5 Å². The summed E-state index contributed by atoms with van der Waals surface area (Å²) >= 11 is 1.71. The third-order valence-corrected chi connectivity index (χ3v) is 6.96. The summed E-state index contributed by atoms with van der Waals surface area (Å²) in [5, 5.41) is 15.0. The highest BCUT2D eigenvalue weighted by molar-refractivity contribution is 7.99. The van der Waals surface area contributed by atoms with Gasteiger partial charge in [-0.1, -0.05) is 50.1 Å². The van der Waals surface area contributed by atoms with E-state index in [1.165, 1.54) is 36.8 Å². The molecule has 0 radical (unpaired) electrons. The maximum absolute atomic E-state index is 11.2. The fraction of sp³-hybridized carbons (Fsp3) is 0.417. The normalized spacial score (nSPS) is 17.7. The number of rotatable bonds is 8. The molecular weight excluding hydrogens is 396 g/mol. The van der Waals surface area contributed by atoms with E-state index in [-0.39, 0.29) is 16.0 Å². The Bertz CT molecular complexity index is 934. The second kappa shape index (κ2) is 9.56. The van der Waals surface area contributed by atoms with Gasteiger partial charge >= 0.3 is 0 Å². The van der Waals surface area contributed by atoms with Gasteiger partial charge in [0.1, 0.15) is 11.1 Å². The van der Waals surface area contributed by atoms with Gasteiger partial charge in [-0.15, -0.1) is 0 Å². The summed E-state index contributed by atoms with van der Waals surface area (Å²) in [6.07, 6.45) is 8.11. The third kappa shape index (κ3) is 4.64. The SMILES string of the molecule is CCCCCCOc1ccc(C2NC(=C3CCC3)c3cc([N+](=O)[O-])ccc3S2)cc1. The zero-order valence-electron chi connectivity index (χ0n) is 17.4. The van der Waals surface area contributed by atoms with Crippen LogP contribution in [0.2, 0.25) is 0 Å². The van der Waals surface area contributed by atoms with Gasteiger partial charge in [-0.3, -0.25) is 10.1 Å². The zero-order valence-corrected chi connectivity index (χ0v) is 18.2. The van der Waals surface area contributed by atoms with Crippen LogP contribution in [0.5, 0.6) is 5.75 Å². The monoisotopic (exact) mass is 424 g/mol. The summed E-state index contributed by atoms with van der Waals surface area (Å²) in [6, 6.07) is 13.5. The minimum absolute atomic E-state index is 0.0839. The van der Waals surface area contributed by atoms with Gasteiger partial charge in [0.15, 0.2) is 0 Å². The van der Waals surface area contributed by atoms with Crippen molar-refractivity contribution in [2.45, 2.75) is 62.1 Å². The Balaban J connectivity index is 1.50. The average molecular weight is 425 g/mol. The summed E-state index contributed by atoms with van der Waals surface area (Å²) < 4.78 is 5.87. The van der Waals surface area contributed by atoms with Crippen LogP contribution in [0.1, 0.15) is 68.4 Å². The minimum atomic E-state index is -0.318. The number of fused-ring (bicyclic) bond motifs is 1. The number of hydrogen-bond donors (Lipinski definition) is 1. The van der Waals surface area contributed by atoms with Crippen LogP contribution in [-0.2, 0) is 0 Å². The van der Waals surface area contributed by atoms with Gasteiger partial charge in [0.25, 0.3) is 5.69 Å². The standard InChI is InChI=1S/C24H28N2O3S/c1-2-3-4-5-15-29-20-12-9-18(10-13-20)24-25-23(17-7-6-8-17)21-16-19(26(27)28)11-14-22(21)30-24/h9-14,16,24-25H,2-8,15H2,1H3. The molecule has 0 spiro atoms. The number of nitro groups is 1. The lowest BCUT2D eigenvalue weighted by atomic mass is 9.88. The maximum atomic E-state index is 11.2. The summed E-state index contributed by atoms with van der Waals surface area (Å²) in [5.41, 5.74) is 4.74. The molecule has 2 aromatic rings. The molecule has 1 aliphatic heterocycles. The molecular formula is C24H28N2O3S. The summed E-state index contributed by atoms with van der Waals surface area (Å²) in [4.78, 5) is 12.0. The molecule has 1 unspecified atom stereocenters. The number of nitrogens with one attached hydrogen (secondary N) is 1. The number of non-ortho nitro benzene ring substituents is 1. The molecule has 158 valence electrons. The summed E-state index contributed by atoms with van der Waals surface area (Å²) in [5.74, 6) is 0.907.